The van der Waals surface area contributed by atoms with Crippen LogP contribution in [0.15, 0.2) is 47.6 Å². The number of hydrogen-bond acceptors (Lipinski definition) is 2. The maximum absolute atomic E-state index is 12.3. The molecule has 0 bridgehead atoms. The summed E-state index contributed by atoms with van der Waals surface area (Å²) < 4.78 is 0. The average molecular weight is 251 g/mol. The first-order valence-electron chi connectivity index (χ1n) is 5.89. The summed E-state index contributed by atoms with van der Waals surface area (Å²) in [6.45, 7) is 4.00. The van der Waals surface area contributed by atoms with Crippen LogP contribution in [0.4, 0.5) is 5.69 Å². The van der Waals surface area contributed by atoms with E-state index in [0.717, 1.165) is 11.1 Å². The van der Waals surface area contributed by atoms with Crippen molar-refractivity contribution in [2.24, 2.45) is 5.11 Å². The smallest absolute Gasteiger partial charge is 0.193 e. The number of carbonyl (C=O) groups is 1. The van der Waals surface area contributed by atoms with Gasteiger partial charge in [-0.3, -0.25) is 4.79 Å². The van der Waals surface area contributed by atoms with Gasteiger partial charge in [0.1, 0.15) is 0 Å². The standard InChI is InChI=1S/C15H13N3O/c1-10-3-4-13(9-11(10)2)15(19)12-5-7-14(8-6-12)17-18-16/h3-9H,1-2H3. The van der Waals surface area contributed by atoms with Crippen molar-refractivity contribution in [2.75, 3.05) is 0 Å². The molecule has 0 unspecified atom stereocenters. The molecule has 0 saturated carbocycles. The molecule has 2 aromatic rings. The lowest BCUT2D eigenvalue weighted by Crippen LogP contribution is -2.01. The predicted octanol–water partition coefficient (Wildman–Crippen LogP) is 4.48. The molecule has 0 heterocycles. The van der Waals surface area contributed by atoms with E-state index in [1.54, 1.807) is 24.3 Å². The molecule has 0 aliphatic heterocycles. The summed E-state index contributed by atoms with van der Waals surface area (Å²) in [5.41, 5.74) is 12.3. The van der Waals surface area contributed by atoms with Crippen molar-refractivity contribution in [3.63, 3.8) is 0 Å². The molecule has 0 aliphatic rings. The van der Waals surface area contributed by atoms with E-state index in [9.17, 15) is 4.79 Å². The second-order valence-corrected chi connectivity index (χ2v) is 4.36. The Morgan fingerprint density at radius 2 is 1.63 bits per heavy atom. The number of rotatable bonds is 3. The molecule has 19 heavy (non-hydrogen) atoms. The van der Waals surface area contributed by atoms with Crippen LogP contribution in [0.1, 0.15) is 27.0 Å². The third-order valence-electron chi connectivity index (χ3n) is 3.06. The number of hydrogen-bond donors (Lipinski definition) is 0. The fourth-order valence-corrected chi connectivity index (χ4v) is 1.78. The second kappa shape index (κ2) is 5.38. The van der Waals surface area contributed by atoms with Crippen LogP contribution in [-0.4, -0.2) is 5.78 Å². The van der Waals surface area contributed by atoms with Crippen molar-refractivity contribution in [3.05, 3.63) is 75.2 Å². The molecule has 2 rings (SSSR count). The van der Waals surface area contributed by atoms with Gasteiger partial charge in [-0.1, -0.05) is 41.5 Å². The van der Waals surface area contributed by atoms with Crippen LogP contribution in [0.5, 0.6) is 0 Å². The summed E-state index contributed by atoms with van der Waals surface area (Å²) in [5.74, 6) is -0.0319. The molecule has 4 nitrogen and oxygen atoms in total. The lowest BCUT2D eigenvalue weighted by molar-refractivity contribution is 0.103. The number of benzene rings is 2. The first kappa shape index (κ1) is 12.9. The van der Waals surface area contributed by atoms with E-state index >= 15 is 0 Å². The molecule has 0 N–H and O–H groups in total. The van der Waals surface area contributed by atoms with Gasteiger partial charge in [-0.2, -0.15) is 0 Å². The van der Waals surface area contributed by atoms with Gasteiger partial charge in [0.25, 0.3) is 0 Å². The SMILES string of the molecule is Cc1ccc(C(=O)c2ccc(N=[N+]=[N-])cc2)cc1C. The van der Waals surface area contributed by atoms with Crippen molar-refractivity contribution >= 4 is 11.5 Å². The van der Waals surface area contributed by atoms with E-state index in [2.05, 4.69) is 10.0 Å². The van der Waals surface area contributed by atoms with Gasteiger partial charge in [-0.25, -0.2) is 0 Å². The Morgan fingerprint density at radius 3 is 2.21 bits per heavy atom. The van der Waals surface area contributed by atoms with Crippen LogP contribution >= 0.6 is 0 Å². The highest BCUT2D eigenvalue weighted by atomic mass is 16.1. The summed E-state index contributed by atoms with van der Waals surface area (Å²) in [6, 6.07) is 12.3. The Balaban J connectivity index is 2.32. The van der Waals surface area contributed by atoms with Gasteiger partial charge in [-0.15, -0.1) is 0 Å². The van der Waals surface area contributed by atoms with Crippen LogP contribution in [0.2, 0.25) is 0 Å². The molecular formula is C15H13N3O. The van der Waals surface area contributed by atoms with Gasteiger partial charge in [-0.05, 0) is 36.6 Å². The molecule has 0 aromatic heterocycles. The van der Waals surface area contributed by atoms with E-state index in [-0.39, 0.29) is 5.78 Å². The largest absolute Gasteiger partial charge is 0.289 e. The Morgan fingerprint density at radius 1 is 1.00 bits per heavy atom. The second-order valence-electron chi connectivity index (χ2n) is 4.36. The van der Waals surface area contributed by atoms with Crippen LogP contribution in [0.3, 0.4) is 0 Å². The van der Waals surface area contributed by atoms with Crippen LogP contribution in [0, 0.1) is 13.8 Å². The minimum absolute atomic E-state index is 0.0319. The highest BCUT2D eigenvalue weighted by molar-refractivity contribution is 6.09. The lowest BCUT2D eigenvalue weighted by atomic mass is 9.99. The molecule has 0 amide bonds. The number of carbonyl (C=O) groups excluding carboxylic acids is 1. The highest BCUT2D eigenvalue weighted by Crippen LogP contribution is 2.17. The zero-order chi connectivity index (χ0) is 13.8. The van der Waals surface area contributed by atoms with E-state index in [1.807, 2.05) is 32.0 Å². The van der Waals surface area contributed by atoms with E-state index in [1.165, 1.54) is 0 Å². The van der Waals surface area contributed by atoms with Gasteiger partial charge in [0.2, 0.25) is 0 Å². The normalized spacial score (nSPS) is 9.79. The average Bonchev–Trinajstić information content (AvgIpc) is 2.42. The summed E-state index contributed by atoms with van der Waals surface area (Å²) in [4.78, 5) is 15.0. The number of aryl methyl sites for hydroxylation is 2. The van der Waals surface area contributed by atoms with Gasteiger partial charge >= 0.3 is 0 Å². The van der Waals surface area contributed by atoms with Gasteiger partial charge in [0.05, 0.1) is 0 Å². The lowest BCUT2D eigenvalue weighted by Gasteiger charge is -2.05. The van der Waals surface area contributed by atoms with Crippen molar-refractivity contribution in [1.82, 2.24) is 0 Å². The molecule has 0 spiro atoms. The fourth-order valence-electron chi connectivity index (χ4n) is 1.78. The zero-order valence-electron chi connectivity index (χ0n) is 10.8. The van der Waals surface area contributed by atoms with Crippen molar-refractivity contribution < 1.29 is 4.79 Å². The molecule has 0 radical (unpaired) electrons. The molecule has 0 saturated heterocycles. The molecule has 94 valence electrons. The maximum atomic E-state index is 12.3. The predicted molar refractivity (Wildman–Crippen MR) is 74.6 cm³/mol. The van der Waals surface area contributed by atoms with Gasteiger partial charge in [0.15, 0.2) is 5.78 Å². The number of ketones is 1. The third-order valence-corrected chi connectivity index (χ3v) is 3.06. The van der Waals surface area contributed by atoms with Crippen LogP contribution in [0.25, 0.3) is 10.4 Å². The summed E-state index contributed by atoms with van der Waals surface area (Å²) in [7, 11) is 0. The molecular weight excluding hydrogens is 238 g/mol. The first-order valence-corrected chi connectivity index (χ1v) is 5.89. The topological polar surface area (TPSA) is 65.8 Å². The minimum Gasteiger partial charge on any atom is -0.289 e. The van der Waals surface area contributed by atoms with Crippen LogP contribution < -0.4 is 0 Å². The minimum atomic E-state index is -0.0319. The Bertz CT molecular complexity index is 668. The first-order chi connectivity index (χ1) is 9.11. The van der Waals surface area contributed by atoms with E-state index in [4.69, 9.17) is 5.53 Å². The molecule has 0 atom stereocenters. The zero-order valence-corrected chi connectivity index (χ0v) is 10.8. The monoisotopic (exact) mass is 251 g/mol. The summed E-state index contributed by atoms with van der Waals surface area (Å²) in [5, 5.41) is 3.47. The summed E-state index contributed by atoms with van der Waals surface area (Å²) in [6.07, 6.45) is 0. The highest BCUT2D eigenvalue weighted by Gasteiger charge is 2.09. The number of azide groups is 1. The Kier molecular flexibility index (Phi) is 3.64. The van der Waals surface area contributed by atoms with Crippen molar-refractivity contribution in [3.8, 4) is 0 Å². The quantitative estimate of drug-likeness (QED) is 0.343. The molecule has 2 aromatic carbocycles. The van der Waals surface area contributed by atoms with Crippen molar-refractivity contribution in [2.45, 2.75) is 13.8 Å². The summed E-state index contributed by atoms with van der Waals surface area (Å²) >= 11 is 0. The third kappa shape index (κ3) is 2.81. The fraction of sp³-hybridized carbons (Fsp3) is 0.133. The van der Waals surface area contributed by atoms with Gasteiger partial charge in [0, 0.05) is 21.7 Å². The Labute approximate surface area is 111 Å². The number of nitrogens with zero attached hydrogens (tertiary/aromatic N) is 3. The van der Waals surface area contributed by atoms with E-state index < -0.39 is 0 Å². The molecule has 4 heteroatoms. The van der Waals surface area contributed by atoms with Crippen LogP contribution in [-0.2, 0) is 0 Å². The molecule has 0 aliphatic carbocycles. The maximum Gasteiger partial charge on any atom is 0.193 e. The Hall–Kier alpha value is -2.58. The van der Waals surface area contributed by atoms with Crippen molar-refractivity contribution in [1.29, 1.82) is 0 Å². The molecule has 0 fully saturated rings. The van der Waals surface area contributed by atoms with Gasteiger partial charge < -0.3 is 0 Å². The van der Waals surface area contributed by atoms with E-state index in [0.29, 0.717) is 16.8 Å².